The number of carbonyl (C=O) groups is 2. The largest absolute Gasteiger partial charge is 0.494 e. The SMILES string of the molecule is CCCOc1ccc(C(=O)Nc2nnc([C@H]3CC(=O)N(c4ccc(OCC)cc4)C3)o2)cc1. The highest BCUT2D eigenvalue weighted by Gasteiger charge is 2.35. The standard InChI is InChI=1S/C24H26N4O5/c1-3-13-32-20-9-5-16(6-10-20)22(30)25-24-27-26-23(33-24)17-14-21(29)28(15-17)18-7-11-19(12-8-18)31-4-2/h5-12,17H,3-4,13-15H2,1-2H3,(H,25,27,30)/t17-/m0/s1. The molecule has 3 aromatic rings. The minimum absolute atomic E-state index is 0.00623. The minimum Gasteiger partial charge on any atom is -0.494 e. The Morgan fingerprint density at radius 1 is 1.06 bits per heavy atom. The zero-order valence-corrected chi connectivity index (χ0v) is 18.6. The number of nitrogens with zero attached hydrogens (tertiary/aromatic N) is 3. The van der Waals surface area contributed by atoms with Gasteiger partial charge in [-0.2, -0.15) is 0 Å². The van der Waals surface area contributed by atoms with E-state index >= 15 is 0 Å². The van der Waals surface area contributed by atoms with Crippen molar-refractivity contribution in [2.24, 2.45) is 0 Å². The molecule has 0 aliphatic carbocycles. The van der Waals surface area contributed by atoms with Crippen LogP contribution in [-0.2, 0) is 4.79 Å². The molecule has 9 nitrogen and oxygen atoms in total. The van der Waals surface area contributed by atoms with Crippen molar-refractivity contribution in [3.8, 4) is 11.5 Å². The second kappa shape index (κ2) is 10.2. The predicted molar refractivity (Wildman–Crippen MR) is 122 cm³/mol. The van der Waals surface area contributed by atoms with Crippen LogP contribution in [0.1, 0.15) is 48.9 Å². The summed E-state index contributed by atoms with van der Waals surface area (Å²) in [7, 11) is 0. The summed E-state index contributed by atoms with van der Waals surface area (Å²) in [4.78, 5) is 26.7. The van der Waals surface area contributed by atoms with Crippen LogP contribution >= 0.6 is 0 Å². The lowest BCUT2D eigenvalue weighted by atomic mass is 10.1. The maximum absolute atomic E-state index is 12.6. The molecule has 0 saturated carbocycles. The van der Waals surface area contributed by atoms with Gasteiger partial charge in [-0.3, -0.25) is 14.9 Å². The minimum atomic E-state index is -0.370. The summed E-state index contributed by atoms with van der Waals surface area (Å²) >= 11 is 0. The fraction of sp³-hybridized carbons (Fsp3) is 0.333. The first-order valence-corrected chi connectivity index (χ1v) is 11.0. The van der Waals surface area contributed by atoms with E-state index in [0.717, 1.165) is 17.9 Å². The van der Waals surface area contributed by atoms with E-state index in [1.807, 2.05) is 38.1 Å². The van der Waals surface area contributed by atoms with Crippen LogP contribution in [-0.4, -0.2) is 41.8 Å². The van der Waals surface area contributed by atoms with Gasteiger partial charge in [-0.25, -0.2) is 0 Å². The fourth-order valence-corrected chi connectivity index (χ4v) is 3.55. The molecule has 0 spiro atoms. The molecule has 1 fully saturated rings. The van der Waals surface area contributed by atoms with Gasteiger partial charge in [0.15, 0.2) is 0 Å². The van der Waals surface area contributed by atoms with Crippen molar-refractivity contribution in [3.05, 3.63) is 60.0 Å². The topological polar surface area (TPSA) is 107 Å². The normalized spacial score (nSPS) is 15.5. The second-order valence-electron chi connectivity index (χ2n) is 7.60. The number of benzene rings is 2. The zero-order chi connectivity index (χ0) is 23.2. The molecule has 172 valence electrons. The van der Waals surface area contributed by atoms with E-state index in [2.05, 4.69) is 15.5 Å². The Hall–Kier alpha value is -3.88. The molecule has 2 aromatic carbocycles. The van der Waals surface area contributed by atoms with Gasteiger partial charge in [-0.15, -0.1) is 5.10 Å². The Kier molecular flexibility index (Phi) is 6.87. The summed E-state index contributed by atoms with van der Waals surface area (Å²) < 4.78 is 16.6. The van der Waals surface area contributed by atoms with E-state index < -0.39 is 0 Å². The molecule has 0 bridgehead atoms. The summed E-state index contributed by atoms with van der Waals surface area (Å²) in [5.41, 5.74) is 1.22. The molecule has 1 aliphatic rings. The second-order valence-corrected chi connectivity index (χ2v) is 7.60. The van der Waals surface area contributed by atoms with Crippen LogP contribution < -0.4 is 19.7 Å². The number of nitrogens with one attached hydrogen (secondary N) is 1. The first-order valence-electron chi connectivity index (χ1n) is 11.0. The van der Waals surface area contributed by atoms with E-state index in [4.69, 9.17) is 13.9 Å². The van der Waals surface area contributed by atoms with Crippen molar-refractivity contribution in [2.75, 3.05) is 30.0 Å². The van der Waals surface area contributed by atoms with Crippen molar-refractivity contribution in [1.82, 2.24) is 10.2 Å². The van der Waals surface area contributed by atoms with Crippen LogP contribution in [0.15, 0.2) is 52.9 Å². The molecule has 4 rings (SSSR count). The van der Waals surface area contributed by atoms with Crippen molar-refractivity contribution < 1.29 is 23.5 Å². The van der Waals surface area contributed by atoms with Crippen LogP contribution in [0, 0.1) is 0 Å². The number of hydrogen-bond acceptors (Lipinski definition) is 7. The fourth-order valence-electron chi connectivity index (χ4n) is 3.55. The third kappa shape index (κ3) is 5.31. The molecule has 0 radical (unpaired) electrons. The predicted octanol–water partition coefficient (Wildman–Crippen LogP) is 4.03. The van der Waals surface area contributed by atoms with E-state index in [1.165, 1.54) is 0 Å². The maximum atomic E-state index is 12.6. The lowest BCUT2D eigenvalue weighted by molar-refractivity contribution is -0.117. The average molecular weight is 450 g/mol. The zero-order valence-electron chi connectivity index (χ0n) is 18.6. The van der Waals surface area contributed by atoms with Crippen molar-refractivity contribution in [3.63, 3.8) is 0 Å². The monoisotopic (exact) mass is 450 g/mol. The number of rotatable bonds is 9. The van der Waals surface area contributed by atoms with Gasteiger partial charge in [-0.05, 0) is 61.9 Å². The van der Waals surface area contributed by atoms with Gasteiger partial charge in [0.1, 0.15) is 11.5 Å². The number of ether oxygens (including phenoxy) is 2. The smallest absolute Gasteiger partial charge is 0.322 e. The van der Waals surface area contributed by atoms with E-state index in [0.29, 0.717) is 37.0 Å². The molecule has 1 aliphatic heterocycles. The molecular weight excluding hydrogens is 424 g/mol. The number of amides is 2. The molecule has 1 N–H and O–H groups in total. The van der Waals surface area contributed by atoms with E-state index in [9.17, 15) is 9.59 Å². The Labute approximate surface area is 191 Å². The Bertz CT molecular complexity index is 1090. The van der Waals surface area contributed by atoms with Gasteiger partial charge >= 0.3 is 6.01 Å². The Morgan fingerprint density at radius 3 is 2.45 bits per heavy atom. The maximum Gasteiger partial charge on any atom is 0.322 e. The Balaban J connectivity index is 1.37. The quantitative estimate of drug-likeness (QED) is 0.524. The van der Waals surface area contributed by atoms with Crippen LogP contribution in [0.5, 0.6) is 11.5 Å². The molecule has 1 atom stereocenters. The molecular formula is C24H26N4O5. The van der Waals surface area contributed by atoms with Crippen LogP contribution in [0.3, 0.4) is 0 Å². The summed E-state index contributed by atoms with van der Waals surface area (Å²) in [6, 6.07) is 14.2. The molecule has 33 heavy (non-hydrogen) atoms. The van der Waals surface area contributed by atoms with Crippen LogP contribution in [0.25, 0.3) is 0 Å². The van der Waals surface area contributed by atoms with Gasteiger partial charge in [0.05, 0.1) is 19.1 Å². The molecule has 0 unspecified atom stereocenters. The third-order valence-corrected chi connectivity index (χ3v) is 5.18. The molecule has 9 heteroatoms. The van der Waals surface area contributed by atoms with Gasteiger partial charge in [0.2, 0.25) is 11.8 Å². The van der Waals surface area contributed by atoms with E-state index in [1.54, 1.807) is 29.2 Å². The molecule has 2 amide bonds. The highest BCUT2D eigenvalue weighted by molar-refractivity contribution is 6.03. The first-order chi connectivity index (χ1) is 16.1. The number of hydrogen-bond donors (Lipinski definition) is 1. The molecule has 2 heterocycles. The highest BCUT2D eigenvalue weighted by Crippen LogP contribution is 2.32. The van der Waals surface area contributed by atoms with Crippen LogP contribution in [0.2, 0.25) is 0 Å². The number of aromatic nitrogens is 2. The summed E-state index contributed by atoms with van der Waals surface area (Å²) in [5.74, 6) is 1.12. The van der Waals surface area contributed by atoms with Crippen molar-refractivity contribution in [2.45, 2.75) is 32.6 Å². The highest BCUT2D eigenvalue weighted by atomic mass is 16.5. The average Bonchev–Trinajstić information content (AvgIpc) is 3.45. The van der Waals surface area contributed by atoms with Gasteiger partial charge in [-0.1, -0.05) is 12.0 Å². The third-order valence-electron chi connectivity index (χ3n) is 5.18. The molecule has 1 saturated heterocycles. The van der Waals surface area contributed by atoms with Gasteiger partial charge in [0.25, 0.3) is 5.91 Å². The summed E-state index contributed by atoms with van der Waals surface area (Å²) in [6.07, 6.45) is 1.16. The summed E-state index contributed by atoms with van der Waals surface area (Å²) in [5, 5.41) is 10.6. The van der Waals surface area contributed by atoms with E-state index in [-0.39, 0.29) is 30.2 Å². The van der Waals surface area contributed by atoms with Crippen molar-refractivity contribution >= 4 is 23.5 Å². The lowest BCUT2D eigenvalue weighted by Crippen LogP contribution is -2.24. The lowest BCUT2D eigenvalue weighted by Gasteiger charge is -2.16. The summed E-state index contributed by atoms with van der Waals surface area (Å²) in [6.45, 7) is 5.57. The molecule has 1 aromatic heterocycles. The Morgan fingerprint density at radius 2 is 1.76 bits per heavy atom. The number of anilines is 2. The van der Waals surface area contributed by atoms with Crippen molar-refractivity contribution in [1.29, 1.82) is 0 Å². The van der Waals surface area contributed by atoms with Gasteiger partial charge in [0, 0.05) is 24.2 Å². The first kappa shape index (κ1) is 22.3. The van der Waals surface area contributed by atoms with Crippen LogP contribution in [0.4, 0.5) is 11.7 Å². The van der Waals surface area contributed by atoms with Gasteiger partial charge < -0.3 is 18.8 Å². The number of carbonyl (C=O) groups excluding carboxylic acids is 2.